The van der Waals surface area contributed by atoms with E-state index in [1.54, 1.807) is 4.72 Å². The first-order chi connectivity index (χ1) is 15.2. The molecule has 1 aliphatic heterocycles. The summed E-state index contributed by atoms with van der Waals surface area (Å²) in [6, 6.07) is 6.25. The molecule has 2 atom stereocenters. The minimum absolute atomic E-state index is 0.00309. The molecule has 1 saturated heterocycles. The SMILES string of the molecule is O=CCOc1ccccc1C1CCC(OC[C@@H]2NCCC[C@@H]2NS(=O)(=O)C(F)(F)F)CC1. The fourth-order valence-corrected chi connectivity index (χ4v) is 5.20. The molecule has 1 heterocycles. The molecular weight excluding hydrogens is 449 g/mol. The zero-order valence-corrected chi connectivity index (χ0v) is 18.5. The fraction of sp³-hybridized carbons (Fsp3) is 0.667. The van der Waals surface area contributed by atoms with E-state index in [-0.39, 0.29) is 25.2 Å². The first kappa shape index (κ1) is 24.9. The molecule has 0 amide bonds. The van der Waals surface area contributed by atoms with Gasteiger partial charge in [0.25, 0.3) is 0 Å². The summed E-state index contributed by atoms with van der Waals surface area (Å²) in [6.07, 6.45) is 4.83. The lowest BCUT2D eigenvalue weighted by Gasteiger charge is -2.35. The lowest BCUT2D eigenvalue weighted by molar-refractivity contribution is -0.109. The molecule has 1 saturated carbocycles. The summed E-state index contributed by atoms with van der Waals surface area (Å²) in [5, 5.41) is 3.08. The van der Waals surface area contributed by atoms with Crippen molar-refractivity contribution in [3.05, 3.63) is 29.8 Å². The second-order valence-corrected chi connectivity index (χ2v) is 9.90. The Morgan fingerprint density at radius 1 is 1.12 bits per heavy atom. The summed E-state index contributed by atoms with van der Waals surface area (Å²) in [4.78, 5) is 10.6. The third-order valence-electron chi connectivity index (χ3n) is 6.05. The zero-order chi connectivity index (χ0) is 23.2. The van der Waals surface area contributed by atoms with Crippen molar-refractivity contribution in [1.82, 2.24) is 10.0 Å². The normalized spacial score (nSPS) is 27.1. The predicted octanol–water partition coefficient (Wildman–Crippen LogP) is 2.87. The monoisotopic (exact) mass is 478 g/mol. The number of ether oxygens (including phenoxy) is 2. The van der Waals surface area contributed by atoms with Crippen LogP contribution in [0, 0.1) is 0 Å². The van der Waals surface area contributed by atoms with E-state index in [0.717, 1.165) is 31.2 Å². The van der Waals surface area contributed by atoms with Crippen molar-refractivity contribution < 1.29 is 35.9 Å². The molecule has 0 aromatic heterocycles. The van der Waals surface area contributed by atoms with E-state index in [0.29, 0.717) is 31.4 Å². The van der Waals surface area contributed by atoms with Gasteiger partial charge in [-0.25, -0.2) is 13.1 Å². The van der Waals surface area contributed by atoms with Crippen molar-refractivity contribution in [3.63, 3.8) is 0 Å². The summed E-state index contributed by atoms with van der Waals surface area (Å²) in [6.45, 7) is 0.741. The number of hydrogen-bond acceptors (Lipinski definition) is 6. The lowest BCUT2D eigenvalue weighted by atomic mass is 9.82. The first-order valence-electron chi connectivity index (χ1n) is 10.8. The van der Waals surface area contributed by atoms with E-state index in [1.165, 1.54) is 0 Å². The van der Waals surface area contributed by atoms with Crippen LogP contribution in [-0.2, 0) is 19.6 Å². The number of carbonyl (C=O) groups excluding carboxylic acids is 1. The number of piperidine rings is 1. The van der Waals surface area contributed by atoms with Gasteiger partial charge in [-0.3, -0.25) is 4.79 Å². The van der Waals surface area contributed by atoms with Crippen LogP contribution >= 0.6 is 0 Å². The number of benzene rings is 1. The maximum Gasteiger partial charge on any atom is 0.511 e. The summed E-state index contributed by atoms with van der Waals surface area (Å²) in [7, 11) is -5.40. The second kappa shape index (κ2) is 11.0. The molecule has 2 aliphatic rings. The number of alkyl halides is 3. The van der Waals surface area contributed by atoms with Gasteiger partial charge in [0.15, 0.2) is 6.29 Å². The molecule has 2 N–H and O–H groups in total. The number of carbonyl (C=O) groups is 1. The van der Waals surface area contributed by atoms with E-state index >= 15 is 0 Å². The number of rotatable bonds is 9. The van der Waals surface area contributed by atoms with Crippen molar-refractivity contribution in [1.29, 1.82) is 0 Å². The molecule has 180 valence electrons. The highest BCUT2D eigenvalue weighted by atomic mass is 32.2. The first-order valence-corrected chi connectivity index (χ1v) is 12.3. The number of halogens is 3. The van der Waals surface area contributed by atoms with Gasteiger partial charge >= 0.3 is 15.5 Å². The molecular formula is C21H29F3N2O5S. The van der Waals surface area contributed by atoms with Crippen LogP contribution in [0.15, 0.2) is 24.3 Å². The van der Waals surface area contributed by atoms with Crippen molar-refractivity contribution in [2.45, 2.75) is 68.1 Å². The third kappa shape index (κ3) is 6.43. The van der Waals surface area contributed by atoms with Crippen LogP contribution in [0.1, 0.15) is 50.0 Å². The van der Waals surface area contributed by atoms with Crippen molar-refractivity contribution in [2.75, 3.05) is 19.8 Å². The Bertz CT molecular complexity index is 857. The third-order valence-corrected chi connectivity index (χ3v) is 7.27. The molecule has 11 heteroatoms. The molecule has 0 unspecified atom stereocenters. The molecule has 1 aromatic rings. The van der Waals surface area contributed by atoms with Crippen LogP contribution in [0.4, 0.5) is 13.2 Å². The van der Waals surface area contributed by atoms with Crippen LogP contribution < -0.4 is 14.8 Å². The lowest BCUT2D eigenvalue weighted by Crippen LogP contribution is -2.57. The van der Waals surface area contributed by atoms with E-state index in [9.17, 15) is 26.4 Å². The Hall–Kier alpha value is -1.69. The van der Waals surface area contributed by atoms with Crippen LogP contribution in [0.2, 0.25) is 0 Å². The summed E-state index contributed by atoms with van der Waals surface area (Å²) < 4.78 is 74.5. The number of hydrogen-bond donors (Lipinski definition) is 2. The molecule has 32 heavy (non-hydrogen) atoms. The number of para-hydroxylation sites is 1. The quantitative estimate of drug-likeness (QED) is 0.530. The van der Waals surface area contributed by atoms with E-state index < -0.39 is 27.6 Å². The molecule has 7 nitrogen and oxygen atoms in total. The highest BCUT2D eigenvalue weighted by Crippen LogP contribution is 2.38. The van der Waals surface area contributed by atoms with Crippen LogP contribution in [0.25, 0.3) is 0 Å². The van der Waals surface area contributed by atoms with Gasteiger partial charge in [0, 0.05) is 12.1 Å². The molecule has 0 radical (unpaired) electrons. The van der Waals surface area contributed by atoms with Gasteiger partial charge in [-0.2, -0.15) is 13.2 Å². The number of nitrogens with one attached hydrogen (secondary N) is 2. The maximum atomic E-state index is 12.7. The Kier molecular flexibility index (Phi) is 8.54. The van der Waals surface area contributed by atoms with Gasteiger partial charge in [0.2, 0.25) is 0 Å². The number of sulfonamides is 1. The largest absolute Gasteiger partial charge is 0.511 e. The topological polar surface area (TPSA) is 93.7 Å². The minimum atomic E-state index is -5.40. The second-order valence-electron chi connectivity index (χ2n) is 8.20. The minimum Gasteiger partial charge on any atom is -0.486 e. The van der Waals surface area contributed by atoms with E-state index in [4.69, 9.17) is 9.47 Å². The number of aldehydes is 1. The van der Waals surface area contributed by atoms with Crippen LogP contribution in [0.3, 0.4) is 0 Å². The smallest absolute Gasteiger partial charge is 0.486 e. The van der Waals surface area contributed by atoms with Gasteiger partial charge in [0.1, 0.15) is 12.4 Å². The average Bonchev–Trinajstić information content (AvgIpc) is 2.77. The maximum absolute atomic E-state index is 12.7. The Morgan fingerprint density at radius 3 is 2.53 bits per heavy atom. The zero-order valence-electron chi connectivity index (χ0n) is 17.6. The molecule has 0 bridgehead atoms. The molecule has 1 aliphatic carbocycles. The summed E-state index contributed by atoms with van der Waals surface area (Å²) in [5.74, 6) is 0.979. The van der Waals surface area contributed by atoms with Crippen LogP contribution in [0.5, 0.6) is 5.75 Å². The summed E-state index contributed by atoms with van der Waals surface area (Å²) in [5.41, 5.74) is -4.27. The molecule has 1 aromatic carbocycles. The van der Waals surface area contributed by atoms with Gasteiger partial charge < -0.3 is 14.8 Å². The predicted molar refractivity (Wildman–Crippen MR) is 112 cm³/mol. The van der Waals surface area contributed by atoms with Crippen molar-refractivity contribution in [3.8, 4) is 5.75 Å². The van der Waals surface area contributed by atoms with Crippen molar-refractivity contribution >= 4 is 16.3 Å². The standard InChI is InChI=1S/C21H29F3N2O5S/c22-21(23,24)32(28,29)26-18-5-3-11-25-19(18)14-31-16-9-7-15(8-10-16)17-4-1-2-6-20(17)30-13-12-27/h1-2,4,6,12,15-16,18-19,25-26H,3,5,7-11,13-14H2/t15?,16?,18-,19-/m0/s1. The van der Waals surface area contributed by atoms with Crippen molar-refractivity contribution in [2.24, 2.45) is 0 Å². The van der Waals surface area contributed by atoms with Gasteiger partial charge in [-0.15, -0.1) is 0 Å². The fourth-order valence-electron chi connectivity index (χ4n) is 4.39. The Balaban J connectivity index is 1.51. The molecule has 3 rings (SSSR count). The average molecular weight is 479 g/mol. The Labute approximate surface area is 186 Å². The van der Waals surface area contributed by atoms with Gasteiger partial charge in [0.05, 0.1) is 12.7 Å². The highest BCUT2D eigenvalue weighted by molar-refractivity contribution is 7.90. The highest BCUT2D eigenvalue weighted by Gasteiger charge is 2.47. The van der Waals surface area contributed by atoms with Gasteiger partial charge in [-0.05, 0) is 62.6 Å². The van der Waals surface area contributed by atoms with Crippen LogP contribution in [-0.4, -0.2) is 58.2 Å². The Morgan fingerprint density at radius 2 is 1.84 bits per heavy atom. The molecule has 0 spiro atoms. The van der Waals surface area contributed by atoms with Gasteiger partial charge in [-0.1, -0.05) is 18.2 Å². The van der Waals surface area contributed by atoms with E-state index in [1.807, 2.05) is 24.3 Å². The van der Waals surface area contributed by atoms with E-state index in [2.05, 4.69) is 5.32 Å². The molecule has 2 fully saturated rings. The summed E-state index contributed by atoms with van der Waals surface area (Å²) >= 11 is 0.